The highest BCUT2D eigenvalue weighted by molar-refractivity contribution is 5.44. The van der Waals surface area contributed by atoms with E-state index in [1.807, 2.05) is 20.8 Å². The zero-order chi connectivity index (χ0) is 13.7. The van der Waals surface area contributed by atoms with Crippen LogP contribution in [0.1, 0.15) is 23.6 Å². The van der Waals surface area contributed by atoms with E-state index in [0.717, 1.165) is 16.9 Å². The minimum Gasteiger partial charge on any atom is -0.457 e. The van der Waals surface area contributed by atoms with Crippen LogP contribution in [0.5, 0.6) is 5.75 Å². The second-order valence-electron chi connectivity index (χ2n) is 4.27. The summed E-state index contributed by atoms with van der Waals surface area (Å²) in [6.07, 6.45) is 1.61. The molecule has 18 heavy (non-hydrogen) atoms. The van der Waals surface area contributed by atoms with E-state index >= 15 is 0 Å². The number of hydrogen-bond donors (Lipinski definition) is 0. The first kappa shape index (κ1) is 13.9. The lowest BCUT2D eigenvalue weighted by molar-refractivity contribution is 0.439. The van der Waals surface area contributed by atoms with Gasteiger partial charge in [0.1, 0.15) is 11.5 Å². The summed E-state index contributed by atoms with van der Waals surface area (Å²) in [5, 5.41) is 3.47. The Balaban J connectivity index is 2.96. The lowest BCUT2D eigenvalue weighted by atomic mass is 10.1. The number of hydrogen-bond acceptors (Lipinski definition) is 2. The van der Waals surface area contributed by atoms with Gasteiger partial charge in [-0.15, -0.1) is 0 Å². The van der Waals surface area contributed by atoms with E-state index < -0.39 is 0 Å². The number of aryl methyl sites for hydroxylation is 3. The molecule has 4 nitrogen and oxygen atoms in total. The van der Waals surface area contributed by atoms with Gasteiger partial charge in [-0.3, -0.25) is 0 Å². The van der Waals surface area contributed by atoms with Crippen LogP contribution < -0.4 is 4.74 Å². The zero-order valence-corrected chi connectivity index (χ0v) is 11.2. The van der Waals surface area contributed by atoms with E-state index in [9.17, 15) is 0 Å². The summed E-state index contributed by atoms with van der Waals surface area (Å²) in [6.45, 7) is 11.5. The van der Waals surface area contributed by atoms with Gasteiger partial charge in [0.15, 0.2) is 0 Å². The molecule has 0 amide bonds. The minimum absolute atomic E-state index is 0.454. The molecule has 0 saturated carbocycles. The molecule has 0 atom stereocenters. The molecular formula is C14H17N3O. The Labute approximate surface area is 107 Å². The molecule has 0 saturated heterocycles. The van der Waals surface area contributed by atoms with Crippen molar-refractivity contribution in [3.05, 3.63) is 63.4 Å². The highest BCUT2D eigenvalue weighted by Crippen LogP contribution is 2.26. The fraction of sp³-hybridized carbons (Fsp3) is 0.286. The monoisotopic (exact) mass is 243 g/mol. The maximum Gasteiger partial charge on any atom is 0.133 e. The van der Waals surface area contributed by atoms with Crippen molar-refractivity contribution in [3.8, 4) is 5.75 Å². The first-order valence-electron chi connectivity index (χ1n) is 5.62. The second kappa shape index (κ2) is 5.94. The molecule has 1 aromatic rings. The van der Waals surface area contributed by atoms with Gasteiger partial charge in [-0.1, -0.05) is 29.4 Å². The molecule has 0 unspecified atom stereocenters. The molecule has 0 N–H and O–H groups in total. The quantitative estimate of drug-likeness (QED) is 0.248. The van der Waals surface area contributed by atoms with Crippen LogP contribution in [0.2, 0.25) is 0 Å². The zero-order valence-electron chi connectivity index (χ0n) is 11.2. The summed E-state index contributed by atoms with van der Waals surface area (Å²) < 4.78 is 5.69. The standard InChI is InChI=1S/C14H17N3O/c1-9-6-10(2)14(11(3)7-9)18-13(5)8-12(4)16-17-15/h6-8H,5H2,1-4H3/b12-8+. The summed E-state index contributed by atoms with van der Waals surface area (Å²) in [7, 11) is 0. The number of rotatable bonds is 4. The minimum atomic E-state index is 0.454. The van der Waals surface area contributed by atoms with Crippen molar-refractivity contribution in [2.24, 2.45) is 5.11 Å². The van der Waals surface area contributed by atoms with Gasteiger partial charge in [0.2, 0.25) is 0 Å². The van der Waals surface area contributed by atoms with Gasteiger partial charge in [0, 0.05) is 10.6 Å². The third-order valence-electron chi connectivity index (χ3n) is 2.41. The number of allylic oxidation sites excluding steroid dienone is 2. The first-order valence-corrected chi connectivity index (χ1v) is 5.62. The van der Waals surface area contributed by atoms with Crippen molar-refractivity contribution in [1.82, 2.24) is 0 Å². The fourth-order valence-corrected chi connectivity index (χ4v) is 1.82. The normalized spacial score (nSPS) is 10.8. The molecule has 0 aliphatic carbocycles. The van der Waals surface area contributed by atoms with Gasteiger partial charge in [0.25, 0.3) is 0 Å². The van der Waals surface area contributed by atoms with Crippen LogP contribution in [0, 0.1) is 20.8 Å². The van der Waals surface area contributed by atoms with Crippen molar-refractivity contribution in [3.63, 3.8) is 0 Å². The second-order valence-corrected chi connectivity index (χ2v) is 4.27. The van der Waals surface area contributed by atoms with Gasteiger partial charge in [-0.05, 0) is 50.4 Å². The molecule has 1 aromatic carbocycles. The molecule has 0 aliphatic rings. The van der Waals surface area contributed by atoms with Crippen molar-refractivity contribution in [1.29, 1.82) is 0 Å². The Bertz CT molecular complexity index is 529. The Morgan fingerprint density at radius 2 is 1.89 bits per heavy atom. The van der Waals surface area contributed by atoms with Crippen LogP contribution in [0.15, 0.2) is 41.4 Å². The Morgan fingerprint density at radius 3 is 2.39 bits per heavy atom. The SMILES string of the molecule is C=C(/C=C(\C)N=[N+]=[N-])Oc1c(C)cc(C)cc1C. The lowest BCUT2D eigenvalue weighted by Gasteiger charge is -2.12. The van der Waals surface area contributed by atoms with Crippen LogP contribution >= 0.6 is 0 Å². The van der Waals surface area contributed by atoms with Crippen molar-refractivity contribution in [2.75, 3.05) is 0 Å². The molecule has 0 heterocycles. The number of nitrogens with zero attached hydrogens (tertiary/aromatic N) is 3. The van der Waals surface area contributed by atoms with Crippen LogP contribution in [0.25, 0.3) is 10.4 Å². The molecule has 1 rings (SSSR count). The summed E-state index contributed by atoms with van der Waals surface area (Å²) in [4.78, 5) is 2.70. The van der Waals surface area contributed by atoms with Gasteiger partial charge in [-0.25, -0.2) is 0 Å². The highest BCUT2D eigenvalue weighted by Gasteiger charge is 2.06. The van der Waals surface area contributed by atoms with Gasteiger partial charge in [0.05, 0.1) is 0 Å². The average Bonchev–Trinajstić information content (AvgIpc) is 2.23. The lowest BCUT2D eigenvalue weighted by Crippen LogP contribution is -1.96. The molecule has 0 aliphatic heterocycles. The topological polar surface area (TPSA) is 58.0 Å². The maximum atomic E-state index is 8.31. The number of ether oxygens (including phenoxy) is 1. The molecule has 0 radical (unpaired) electrons. The smallest absolute Gasteiger partial charge is 0.133 e. The predicted octanol–water partition coefficient (Wildman–Crippen LogP) is 4.72. The van der Waals surface area contributed by atoms with E-state index in [0.29, 0.717) is 11.5 Å². The van der Waals surface area contributed by atoms with Crippen LogP contribution in [-0.4, -0.2) is 0 Å². The molecule has 4 heteroatoms. The summed E-state index contributed by atoms with van der Waals surface area (Å²) in [6, 6.07) is 4.11. The van der Waals surface area contributed by atoms with E-state index in [2.05, 4.69) is 28.7 Å². The number of benzene rings is 1. The van der Waals surface area contributed by atoms with E-state index in [-0.39, 0.29) is 0 Å². The molecule has 0 aromatic heterocycles. The molecular weight excluding hydrogens is 226 g/mol. The Kier molecular flexibility index (Phi) is 4.58. The fourth-order valence-electron chi connectivity index (χ4n) is 1.82. The van der Waals surface area contributed by atoms with Crippen molar-refractivity contribution < 1.29 is 4.74 Å². The summed E-state index contributed by atoms with van der Waals surface area (Å²) >= 11 is 0. The third-order valence-corrected chi connectivity index (χ3v) is 2.41. The third kappa shape index (κ3) is 3.68. The molecule has 94 valence electrons. The van der Waals surface area contributed by atoms with Gasteiger partial charge >= 0.3 is 0 Å². The number of azide groups is 1. The van der Waals surface area contributed by atoms with Crippen molar-refractivity contribution >= 4 is 0 Å². The average molecular weight is 243 g/mol. The predicted molar refractivity (Wildman–Crippen MR) is 73.3 cm³/mol. The van der Waals surface area contributed by atoms with Crippen LogP contribution in [0.3, 0.4) is 0 Å². The van der Waals surface area contributed by atoms with Crippen molar-refractivity contribution in [2.45, 2.75) is 27.7 Å². The Hall–Kier alpha value is -2.19. The molecule has 0 bridgehead atoms. The van der Waals surface area contributed by atoms with Crippen LogP contribution in [-0.2, 0) is 0 Å². The largest absolute Gasteiger partial charge is 0.457 e. The first-order chi connectivity index (χ1) is 8.43. The summed E-state index contributed by atoms with van der Waals surface area (Å²) in [5.74, 6) is 1.26. The van der Waals surface area contributed by atoms with E-state index in [1.165, 1.54) is 5.56 Å². The van der Waals surface area contributed by atoms with Gasteiger partial charge < -0.3 is 4.74 Å². The Morgan fingerprint density at radius 1 is 1.33 bits per heavy atom. The van der Waals surface area contributed by atoms with Gasteiger partial charge in [-0.2, -0.15) is 0 Å². The highest BCUT2D eigenvalue weighted by atomic mass is 16.5. The molecule has 0 spiro atoms. The van der Waals surface area contributed by atoms with E-state index in [4.69, 9.17) is 10.3 Å². The van der Waals surface area contributed by atoms with E-state index in [1.54, 1.807) is 13.0 Å². The maximum absolute atomic E-state index is 8.31. The van der Waals surface area contributed by atoms with Crippen LogP contribution in [0.4, 0.5) is 0 Å². The molecule has 0 fully saturated rings. The summed E-state index contributed by atoms with van der Waals surface area (Å²) in [5.41, 5.74) is 12.1.